The van der Waals surface area contributed by atoms with Gasteiger partial charge in [0, 0.05) is 23.4 Å². The highest BCUT2D eigenvalue weighted by atomic mass is 32.1. The first kappa shape index (κ1) is 14.3. The molecule has 0 fully saturated rings. The Morgan fingerprint density at radius 2 is 2.00 bits per heavy atom. The zero-order chi connectivity index (χ0) is 13.5. The normalized spacial score (nSPS) is 10.8. The van der Waals surface area contributed by atoms with E-state index in [4.69, 9.17) is 4.74 Å². The van der Waals surface area contributed by atoms with Gasteiger partial charge in [0.05, 0.1) is 6.61 Å². The van der Waals surface area contributed by atoms with E-state index in [-0.39, 0.29) is 0 Å². The predicted octanol–water partition coefficient (Wildman–Crippen LogP) is 4.06. The van der Waals surface area contributed by atoms with E-state index in [0.29, 0.717) is 6.61 Å². The SMILES string of the molecule is CCCNCc1ccc(-c2ccccc2COC)s1. The first-order valence-electron chi connectivity index (χ1n) is 6.71. The number of hydrogen-bond donors (Lipinski definition) is 1. The maximum Gasteiger partial charge on any atom is 0.0719 e. The Morgan fingerprint density at radius 1 is 1.16 bits per heavy atom. The van der Waals surface area contributed by atoms with Crippen LogP contribution in [-0.4, -0.2) is 13.7 Å². The zero-order valence-electron chi connectivity index (χ0n) is 11.6. The van der Waals surface area contributed by atoms with Gasteiger partial charge in [-0.05, 0) is 36.2 Å². The molecular formula is C16H21NOS. The van der Waals surface area contributed by atoms with Gasteiger partial charge in [0.1, 0.15) is 0 Å². The van der Waals surface area contributed by atoms with Gasteiger partial charge in [-0.1, -0.05) is 31.2 Å². The van der Waals surface area contributed by atoms with Gasteiger partial charge in [-0.25, -0.2) is 0 Å². The zero-order valence-corrected chi connectivity index (χ0v) is 12.4. The van der Waals surface area contributed by atoms with Crippen LogP contribution in [0.4, 0.5) is 0 Å². The summed E-state index contributed by atoms with van der Waals surface area (Å²) < 4.78 is 5.27. The highest BCUT2D eigenvalue weighted by Gasteiger charge is 2.07. The monoisotopic (exact) mass is 275 g/mol. The van der Waals surface area contributed by atoms with E-state index in [1.807, 2.05) is 11.3 Å². The van der Waals surface area contributed by atoms with E-state index in [1.54, 1.807) is 7.11 Å². The van der Waals surface area contributed by atoms with Gasteiger partial charge in [0.2, 0.25) is 0 Å². The summed E-state index contributed by atoms with van der Waals surface area (Å²) in [5.41, 5.74) is 2.54. The minimum atomic E-state index is 0.664. The number of methoxy groups -OCH3 is 1. The molecule has 1 N–H and O–H groups in total. The molecule has 0 atom stereocenters. The summed E-state index contributed by atoms with van der Waals surface area (Å²) in [4.78, 5) is 2.71. The smallest absolute Gasteiger partial charge is 0.0719 e. The van der Waals surface area contributed by atoms with Crippen molar-refractivity contribution in [2.24, 2.45) is 0 Å². The molecule has 1 heterocycles. The van der Waals surface area contributed by atoms with Gasteiger partial charge < -0.3 is 10.1 Å². The molecule has 0 radical (unpaired) electrons. The molecule has 0 aliphatic carbocycles. The van der Waals surface area contributed by atoms with E-state index in [0.717, 1.165) is 13.1 Å². The van der Waals surface area contributed by atoms with Crippen molar-refractivity contribution < 1.29 is 4.74 Å². The quantitative estimate of drug-likeness (QED) is 0.769. The lowest BCUT2D eigenvalue weighted by atomic mass is 10.1. The van der Waals surface area contributed by atoms with Crippen LogP contribution in [0.3, 0.4) is 0 Å². The minimum absolute atomic E-state index is 0.664. The van der Waals surface area contributed by atoms with E-state index < -0.39 is 0 Å². The topological polar surface area (TPSA) is 21.3 Å². The van der Waals surface area contributed by atoms with Gasteiger partial charge in [0.25, 0.3) is 0 Å². The van der Waals surface area contributed by atoms with Crippen molar-refractivity contribution in [1.29, 1.82) is 0 Å². The van der Waals surface area contributed by atoms with E-state index in [1.165, 1.54) is 27.3 Å². The summed E-state index contributed by atoms with van der Waals surface area (Å²) in [5, 5.41) is 3.44. The van der Waals surface area contributed by atoms with Crippen molar-refractivity contribution in [3.63, 3.8) is 0 Å². The second-order valence-corrected chi connectivity index (χ2v) is 5.70. The summed E-state index contributed by atoms with van der Waals surface area (Å²) >= 11 is 1.86. The molecule has 0 aliphatic heterocycles. The Kier molecular flexibility index (Phi) is 5.58. The molecule has 0 saturated heterocycles. The van der Waals surface area contributed by atoms with Crippen LogP contribution < -0.4 is 5.32 Å². The van der Waals surface area contributed by atoms with Crippen molar-refractivity contribution in [3.05, 3.63) is 46.8 Å². The molecule has 2 rings (SSSR count). The highest BCUT2D eigenvalue weighted by molar-refractivity contribution is 7.15. The molecule has 0 aliphatic rings. The number of benzene rings is 1. The Hall–Kier alpha value is -1.16. The lowest BCUT2D eigenvalue weighted by Gasteiger charge is -2.06. The fraction of sp³-hybridized carbons (Fsp3) is 0.375. The van der Waals surface area contributed by atoms with Crippen LogP contribution in [0.15, 0.2) is 36.4 Å². The van der Waals surface area contributed by atoms with Gasteiger partial charge >= 0.3 is 0 Å². The summed E-state index contributed by atoms with van der Waals surface area (Å²) in [6.45, 7) is 4.89. The third-order valence-corrected chi connectivity index (χ3v) is 4.09. The van der Waals surface area contributed by atoms with Crippen LogP contribution in [0.5, 0.6) is 0 Å². The molecule has 2 nitrogen and oxygen atoms in total. The van der Waals surface area contributed by atoms with Crippen LogP contribution >= 0.6 is 11.3 Å². The van der Waals surface area contributed by atoms with Gasteiger partial charge in [-0.3, -0.25) is 0 Å². The summed E-state index contributed by atoms with van der Waals surface area (Å²) in [7, 11) is 1.74. The Balaban J connectivity index is 2.13. The fourth-order valence-electron chi connectivity index (χ4n) is 2.05. The van der Waals surface area contributed by atoms with Crippen LogP contribution in [0, 0.1) is 0 Å². The van der Waals surface area contributed by atoms with Crippen molar-refractivity contribution in [2.75, 3.05) is 13.7 Å². The molecule has 1 aromatic carbocycles. The lowest BCUT2D eigenvalue weighted by Crippen LogP contribution is -2.12. The number of thiophene rings is 1. The Labute approximate surface area is 119 Å². The second-order valence-electron chi connectivity index (χ2n) is 4.53. The molecule has 102 valence electrons. The first-order chi connectivity index (χ1) is 9.35. The van der Waals surface area contributed by atoms with E-state index in [2.05, 4.69) is 48.6 Å². The molecule has 2 aromatic rings. The highest BCUT2D eigenvalue weighted by Crippen LogP contribution is 2.31. The number of ether oxygens (including phenoxy) is 1. The van der Waals surface area contributed by atoms with Crippen LogP contribution in [0.2, 0.25) is 0 Å². The van der Waals surface area contributed by atoms with E-state index in [9.17, 15) is 0 Å². The molecule has 0 unspecified atom stereocenters. The van der Waals surface area contributed by atoms with Crippen molar-refractivity contribution in [1.82, 2.24) is 5.32 Å². The van der Waals surface area contributed by atoms with Gasteiger partial charge in [-0.15, -0.1) is 11.3 Å². The van der Waals surface area contributed by atoms with Crippen molar-refractivity contribution >= 4 is 11.3 Å². The first-order valence-corrected chi connectivity index (χ1v) is 7.53. The summed E-state index contributed by atoms with van der Waals surface area (Å²) in [6, 6.07) is 12.9. The van der Waals surface area contributed by atoms with Gasteiger partial charge in [-0.2, -0.15) is 0 Å². The number of nitrogens with one attached hydrogen (secondary N) is 1. The molecule has 0 saturated carbocycles. The summed E-state index contributed by atoms with van der Waals surface area (Å²) in [5.74, 6) is 0. The Bertz CT molecular complexity index is 507. The van der Waals surface area contributed by atoms with Crippen LogP contribution in [0.25, 0.3) is 10.4 Å². The molecule has 0 spiro atoms. The largest absolute Gasteiger partial charge is 0.380 e. The molecule has 1 aromatic heterocycles. The molecule has 0 bridgehead atoms. The maximum absolute atomic E-state index is 5.27. The van der Waals surface area contributed by atoms with Crippen LogP contribution in [0.1, 0.15) is 23.8 Å². The van der Waals surface area contributed by atoms with Crippen molar-refractivity contribution in [3.8, 4) is 10.4 Å². The molecule has 0 amide bonds. The third-order valence-electron chi connectivity index (χ3n) is 2.97. The summed E-state index contributed by atoms with van der Waals surface area (Å²) in [6.07, 6.45) is 1.18. The fourth-order valence-corrected chi connectivity index (χ4v) is 3.09. The predicted molar refractivity (Wildman–Crippen MR) is 82.5 cm³/mol. The lowest BCUT2D eigenvalue weighted by molar-refractivity contribution is 0.185. The standard InChI is InChI=1S/C16H21NOS/c1-3-10-17-11-14-8-9-16(19-14)15-7-5-4-6-13(15)12-18-2/h4-9,17H,3,10-12H2,1-2H3. The molecule has 19 heavy (non-hydrogen) atoms. The molecular weight excluding hydrogens is 254 g/mol. The Morgan fingerprint density at radius 3 is 2.79 bits per heavy atom. The minimum Gasteiger partial charge on any atom is -0.380 e. The van der Waals surface area contributed by atoms with Gasteiger partial charge in [0.15, 0.2) is 0 Å². The average molecular weight is 275 g/mol. The van der Waals surface area contributed by atoms with E-state index >= 15 is 0 Å². The molecule has 3 heteroatoms. The maximum atomic E-state index is 5.27. The third kappa shape index (κ3) is 3.90. The number of rotatable bonds is 7. The van der Waals surface area contributed by atoms with Crippen LogP contribution in [-0.2, 0) is 17.9 Å². The second kappa shape index (κ2) is 7.43. The van der Waals surface area contributed by atoms with Crippen molar-refractivity contribution in [2.45, 2.75) is 26.5 Å². The average Bonchev–Trinajstić information content (AvgIpc) is 2.89. The number of hydrogen-bond acceptors (Lipinski definition) is 3.